The van der Waals surface area contributed by atoms with Crippen LogP contribution < -0.4 is 0 Å². The predicted molar refractivity (Wildman–Crippen MR) is 46.0 cm³/mol. The van der Waals surface area contributed by atoms with Crippen LogP contribution in [0.1, 0.15) is 28.2 Å². The van der Waals surface area contributed by atoms with Crippen LogP contribution in [-0.2, 0) is 0 Å². The molecule has 0 saturated carbocycles. The molecular formula is C8H3F2N3O3. The number of aldehydes is 1. The summed E-state index contributed by atoms with van der Waals surface area (Å²) in [7, 11) is 0. The van der Waals surface area contributed by atoms with E-state index in [1.807, 2.05) is 0 Å². The molecule has 0 spiro atoms. The summed E-state index contributed by atoms with van der Waals surface area (Å²) in [5, 5.41) is 18.9. The Balaban J connectivity index is 3.55. The molecule has 1 aromatic heterocycles. The van der Waals surface area contributed by atoms with Crippen molar-refractivity contribution in [3.8, 4) is 6.07 Å². The summed E-state index contributed by atoms with van der Waals surface area (Å²) in [6, 6.07) is 2.02. The van der Waals surface area contributed by atoms with Crippen molar-refractivity contribution in [2.75, 3.05) is 0 Å². The highest BCUT2D eigenvalue weighted by Crippen LogP contribution is 2.28. The van der Waals surface area contributed by atoms with Crippen LogP contribution in [0.15, 0.2) is 6.07 Å². The third kappa shape index (κ3) is 1.98. The number of pyridine rings is 1. The number of alkyl halides is 2. The average molecular weight is 227 g/mol. The fourth-order valence-corrected chi connectivity index (χ4v) is 1.02. The summed E-state index contributed by atoms with van der Waals surface area (Å²) < 4.78 is 24.8. The van der Waals surface area contributed by atoms with E-state index in [2.05, 4.69) is 4.98 Å². The van der Waals surface area contributed by atoms with E-state index >= 15 is 0 Å². The Labute approximate surface area is 87.3 Å². The molecule has 0 aliphatic heterocycles. The summed E-state index contributed by atoms with van der Waals surface area (Å²) >= 11 is 0. The first kappa shape index (κ1) is 11.6. The molecule has 1 heterocycles. The monoisotopic (exact) mass is 227 g/mol. The van der Waals surface area contributed by atoms with Gasteiger partial charge < -0.3 is 0 Å². The van der Waals surface area contributed by atoms with Gasteiger partial charge in [0, 0.05) is 6.07 Å². The molecule has 16 heavy (non-hydrogen) atoms. The summed E-state index contributed by atoms with van der Waals surface area (Å²) in [5.74, 6) is 0. The van der Waals surface area contributed by atoms with Crippen LogP contribution in [0.3, 0.4) is 0 Å². The minimum Gasteiger partial charge on any atom is -0.298 e. The third-order valence-corrected chi connectivity index (χ3v) is 1.70. The minimum atomic E-state index is -3.19. The first-order chi connectivity index (χ1) is 7.51. The van der Waals surface area contributed by atoms with E-state index in [0.29, 0.717) is 6.07 Å². The number of hydrogen-bond donors (Lipinski definition) is 0. The van der Waals surface area contributed by atoms with Crippen molar-refractivity contribution in [3.63, 3.8) is 0 Å². The lowest BCUT2D eigenvalue weighted by atomic mass is 10.1. The molecule has 0 fully saturated rings. The number of carbonyl (C=O) groups is 1. The van der Waals surface area contributed by atoms with Gasteiger partial charge in [0.15, 0.2) is 17.7 Å². The van der Waals surface area contributed by atoms with E-state index in [1.54, 1.807) is 0 Å². The Kier molecular flexibility index (Phi) is 3.20. The molecule has 0 aromatic carbocycles. The van der Waals surface area contributed by atoms with Crippen molar-refractivity contribution < 1.29 is 18.5 Å². The molecule has 8 heteroatoms. The molecule has 82 valence electrons. The Hall–Kier alpha value is -2.43. The second-order valence-corrected chi connectivity index (χ2v) is 2.62. The van der Waals surface area contributed by atoms with Crippen LogP contribution in [0, 0.1) is 21.4 Å². The van der Waals surface area contributed by atoms with E-state index in [-0.39, 0.29) is 6.29 Å². The van der Waals surface area contributed by atoms with Crippen molar-refractivity contribution in [2.24, 2.45) is 0 Å². The van der Waals surface area contributed by atoms with Gasteiger partial charge in [-0.2, -0.15) is 5.26 Å². The minimum absolute atomic E-state index is 0.147. The lowest BCUT2D eigenvalue weighted by molar-refractivity contribution is -0.386. The zero-order valence-corrected chi connectivity index (χ0v) is 7.55. The highest BCUT2D eigenvalue weighted by Gasteiger charge is 2.26. The van der Waals surface area contributed by atoms with Crippen LogP contribution in [0.4, 0.5) is 14.5 Å². The van der Waals surface area contributed by atoms with Crippen LogP contribution >= 0.6 is 0 Å². The molecule has 1 aromatic rings. The topological polar surface area (TPSA) is 96.9 Å². The van der Waals surface area contributed by atoms with Crippen LogP contribution in [0.25, 0.3) is 0 Å². The number of nitro groups is 1. The molecule has 0 amide bonds. The number of nitriles is 1. The van der Waals surface area contributed by atoms with Crippen LogP contribution in [-0.4, -0.2) is 16.2 Å². The standard InChI is InChI=1S/C8H3F2N3O3/c9-8(10)7-6(13(15)16)1-4(3-14)5(2-11)12-7/h1,3,8H. The molecule has 6 nitrogen and oxygen atoms in total. The number of hydrogen-bond acceptors (Lipinski definition) is 5. The van der Waals surface area contributed by atoms with Gasteiger partial charge in [-0.25, -0.2) is 13.8 Å². The van der Waals surface area contributed by atoms with E-state index in [9.17, 15) is 23.7 Å². The molecule has 0 aliphatic rings. The van der Waals surface area contributed by atoms with Gasteiger partial charge in [-0.15, -0.1) is 0 Å². The summed E-state index contributed by atoms with van der Waals surface area (Å²) in [6.07, 6.45) is -3.04. The lowest BCUT2D eigenvalue weighted by Crippen LogP contribution is -2.04. The van der Waals surface area contributed by atoms with Gasteiger partial charge in [-0.3, -0.25) is 14.9 Å². The first-order valence-corrected chi connectivity index (χ1v) is 3.84. The summed E-state index contributed by atoms with van der Waals surface area (Å²) in [4.78, 5) is 22.9. The quantitative estimate of drug-likeness (QED) is 0.443. The zero-order chi connectivity index (χ0) is 12.3. The average Bonchev–Trinajstić information content (AvgIpc) is 2.26. The van der Waals surface area contributed by atoms with E-state index < -0.39 is 34.0 Å². The normalized spacial score (nSPS) is 9.88. The lowest BCUT2D eigenvalue weighted by Gasteiger charge is -2.02. The first-order valence-electron chi connectivity index (χ1n) is 3.84. The SMILES string of the molecule is N#Cc1nc(C(F)F)c([N+](=O)[O-])cc1C=O. The molecular weight excluding hydrogens is 224 g/mol. The van der Waals surface area contributed by atoms with Gasteiger partial charge in [0.25, 0.3) is 12.1 Å². The second-order valence-electron chi connectivity index (χ2n) is 2.62. The number of aromatic nitrogens is 1. The number of carbonyl (C=O) groups excluding carboxylic acids is 1. The maximum atomic E-state index is 12.4. The third-order valence-electron chi connectivity index (χ3n) is 1.70. The number of halogens is 2. The Morgan fingerprint density at radius 3 is 2.62 bits per heavy atom. The van der Waals surface area contributed by atoms with Crippen molar-refractivity contribution in [1.82, 2.24) is 4.98 Å². The largest absolute Gasteiger partial charge is 0.298 e. The van der Waals surface area contributed by atoms with E-state index in [4.69, 9.17) is 5.26 Å². The van der Waals surface area contributed by atoms with Crippen molar-refractivity contribution >= 4 is 12.0 Å². The van der Waals surface area contributed by atoms with Gasteiger partial charge in [-0.1, -0.05) is 0 Å². The van der Waals surface area contributed by atoms with Gasteiger partial charge in [-0.05, 0) is 0 Å². The molecule has 0 aliphatic carbocycles. The van der Waals surface area contributed by atoms with E-state index in [1.165, 1.54) is 6.07 Å². The van der Waals surface area contributed by atoms with Crippen molar-refractivity contribution in [1.29, 1.82) is 5.26 Å². The maximum absolute atomic E-state index is 12.4. The number of rotatable bonds is 3. The predicted octanol–water partition coefficient (Wildman–Crippen LogP) is 1.61. The second kappa shape index (κ2) is 4.39. The van der Waals surface area contributed by atoms with Gasteiger partial charge in [0.05, 0.1) is 10.5 Å². The fraction of sp³-hybridized carbons (Fsp3) is 0.125. The fourth-order valence-electron chi connectivity index (χ4n) is 1.02. The molecule has 0 N–H and O–H groups in total. The van der Waals surface area contributed by atoms with Crippen LogP contribution in [0.5, 0.6) is 0 Å². The zero-order valence-electron chi connectivity index (χ0n) is 7.55. The molecule has 0 atom stereocenters. The Morgan fingerprint density at radius 2 is 2.25 bits per heavy atom. The molecule has 0 bridgehead atoms. The highest BCUT2D eigenvalue weighted by atomic mass is 19.3. The molecule has 1 rings (SSSR count). The van der Waals surface area contributed by atoms with Crippen molar-refractivity contribution in [2.45, 2.75) is 6.43 Å². The van der Waals surface area contributed by atoms with Gasteiger partial charge in [0.2, 0.25) is 0 Å². The number of nitrogens with zero attached hydrogens (tertiary/aromatic N) is 3. The molecule has 0 radical (unpaired) electrons. The molecule has 0 unspecified atom stereocenters. The van der Waals surface area contributed by atoms with E-state index in [0.717, 1.165) is 0 Å². The Bertz CT molecular complexity index is 496. The van der Waals surface area contributed by atoms with Gasteiger partial charge >= 0.3 is 0 Å². The van der Waals surface area contributed by atoms with Gasteiger partial charge in [0.1, 0.15) is 6.07 Å². The van der Waals surface area contributed by atoms with Crippen molar-refractivity contribution in [3.05, 3.63) is 33.1 Å². The van der Waals surface area contributed by atoms with Crippen LogP contribution in [0.2, 0.25) is 0 Å². The summed E-state index contributed by atoms with van der Waals surface area (Å²) in [6.45, 7) is 0. The highest BCUT2D eigenvalue weighted by molar-refractivity contribution is 5.79. The Morgan fingerprint density at radius 1 is 1.62 bits per heavy atom. The maximum Gasteiger partial charge on any atom is 0.297 e. The smallest absolute Gasteiger partial charge is 0.297 e. The molecule has 0 saturated heterocycles. The summed E-state index contributed by atoms with van der Waals surface area (Å²) in [5.41, 5.74) is -3.04.